The molecular weight excluding hydrogens is 332 g/mol. The summed E-state index contributed by atoms with van der Waals surface area (Å²) >= 11 is 3.45. The first-order valence-corrected chi connectivity index (χ1v) is 7.77. The van der Waals surface area contributed by atoms with Crippen molar-refractivity contribution in [3.63, 3.8) is 0 Å². The molecule has 0 spiro atoms. The summed E-state index contributed by atoms with van der Waals surface area (Å²) in [5.41, 5.74) is 0.633. The predicted octanol–water partition coefficient (Wildman–Crippen LogP) is 3.76. The van der Waals surface area contributed by atoms with Gasteiger partial charge < -0.3 is 9.73 Å². The average molecular weight is 353 g/mol. The number of hydrogen-bond donors (Lipinski definition) is 2. The van der Waals surface area contributed by atoms with Crippen LogP contribution in [0.3, 0.4) is 0 Å². The first kappa shape index (κ1) is 16.0. The van der Waals surface area contributed by atoms with Gasteiger partial charge in [0.2, 0.25) is 5.91 Å². The molecule has 1 aromatic heterocycles. The second kappa shape index (κ2) is 6.20. The van der Waals surface area contributed by atoms with Crippen LogP contribution >= 0.6 is 15.9 Å². The molecule has 0 radical (unpaired) electrons. The molecule has 0 aliphatic carbocycles. The van der Waals surface area contributed by atoms with E-state index >= 15 is 0 Å². The lowest BCUT2D eigenvalue weighted by Crippen LogP contribution is -2.45. The third-order valence-electron chi connectivity index (χ3n) is 3.01. The van der Waals surface area contributed by atoms with E-state index in [-0.39, 0.29) is 24.0 Å². The van der Waals surface area contributed by atoms with Gasteiger partial charge in [0.15, 0.2) is 0 Å². The van der Waals surface area contributed by atoms with E-state index in [1.54, 1.807) is 0 Å². The number of nitrogens with one attached hydrogen (secondary N) is 2. The molecule has 4 nitrogen and oxygen atoms in total. The van der Waals surface area contributed by atoms with Gasteiger partial charge in [-0.05, 0) is 52.0 Å². The van der Waals surface area contributed by atoms with Crippen molar-refractivity contribution in [3.05, 3.63) is 34.5 Å². The molecule has 1 unspecified atom stereocenters. The minimum Gasteiger partial charge on any atom is -0.459 e. The number of hydrogen-bond acceptors (Lipinski definition) is 3. The van der Waals surface area contributed by atoms with E-state index in [1.165, 1.54) is 0 Å². The molecule has 0 fully saturated rings. The molecular formula is C16H21BrN2O2. The maximum Gasteiger partial charge on any atom is 0.234 e. The summed E-state index contributed by atoms with van der Waals surface area (Å²) in [7, 11) is 0. The van der Waals surface area contributed by atoms with Gasteiger partial charge in [0.25, 0.3) is 0 Å². The normalized spacial score (nSPS) is 13.4. The van der Waals surface area contributed by atoms with Gasteiger partial charge in [-0.3, -0.25) is 10.1 Å². The van der Waals surface area contributed by atoms with Gasteiger partial charge in [-0.25, -0.2) is 0 Å². The van der Waals surface area contributed by atoms with Crippen molar-refractivity contribution < 1.29 is 9.21 Å². The van der Waals surface area contributed by atoms with Gasteiger partial charge in [0, 0.05) is 15.4 Å². The standard InChI is InChI=1S/C16H21BrN2O2/c1-10(18-9-15(20)19-16(2,3)4)14-8-11-7-12(17)5-6-13(11)21-14/h5-8,10,18H,9H2,1-4H3,(H,19,20). The lowest BCUT2D eigenvalue weighted by atomic mass is 10.1. The average Bonchev–Trinajstić information content (AvgIpc) is 2.76. The fourth-order valence-electron chi connectivity index (χ4n) is 2.06. The zero-order chi connectivity index (χ0) is 15.6. The smallest absolute Gasteiger partial charge is 0.234 e. The van der Waals surface area contributed by atoms with E-state index in [4.69, 9.17) is 4.42 Å². The maximum absolute atomic E-state index is 11.8. The SMILES string of the molecule is CC(NCC(=O)NC(C)(C)C)c1cc2cc(Br)ccc2o1. The Hall–Kier alpha value is -1.33. The molecule has 0 saturated carbocycles. The van der Waals surface area contributed by atoms with Crippen LogP contribution in [0.15, 0.2) is 33.2 Å². The Morgan fingerprint density at radius 1 is 1.33 bits per heavy atom. The summed E-state index contributed by atoms with van der Waals surface area (Å²) in [4.78, 5) is 11.8. The molecule has 5 heteroatoms. The number of carbonyl (C=O) groups is 1. The van der Waals surface area contributed by atoms with Crippen molar-refractivity contribution in [2.24, 2.45) is 0 Å². The van der Waals surface area contributed by atoms with Crippen LogP contribution in [0, 0.1) is 0 Å². The molecule has 1 amide bonds. The molecule has 2 N–H and O–H groups in total. The Kier molecular flexibility index (Phi) is 4.74. The maximum atomic E-state index is 11.8. The largest absolute Gasteiger partial charge is 0.459 e. The molecule has 1 heterocycles. The van der Waals surface area contributed by atoms with Gasteiger partial charge in [0.1, 0.15) is 11.3 Å². The number of amides is 1. The summed E-state index contributed by atoms with van der Waals surface area (Å²) in [6.45, 7) is 8.14. The van der Waals surface area contributed by atoms with E-state index in [1.807, 2.05) is 52.0 Å². The third kappa shape index (κ3) is 4.58. The van der Waals surface area contributed by atoms with Crippen LogP contribution in [-0.4, -0.2) is 18.0 Å². The Labute approximate surface area is 133 Å². The number of rotatable bonds is 4. The quantitative estimate of drug-likeness (QED) is 0.880. The molecule has 0 saturated heterocycles. The van der Waals surface area contributed by atoms with Gasteiger partial charge in [-0.15, -0.1) is 0 Å². The summed E-state index contributed by atoms with van der Waals surface area (Å²) < 4.78 is 6.82. The van der Waals surface area contributed by atoms with E-state index in [0.717, 1.165) is 21.2 Å². The second-order valence-electron chi connectivity index (χ2n) is 6.23. The molecule has 1 aromatic carbocycles. The lowest BCUT2D eigenvalue weighted by molar-refractivity contribution is -0.121. The number of carbonyl (C=O) groups excluding carboxylic acids is 1. The molecule has 0 bridgehead atoms. The summed E-state index contributed by atoms with van der Waals surface area (Å²) in [5, 5.41) is 7.15. The lowest BCUT2D eigenvalue weighted by Gasteiger charge is -2.21. The van der Waals surface area contributed by atoms with Crippen LogP contribution in [0.25, 0.3) is 11.0 Å². The summed E-state index contributed by atoms with van der Waals surface area (Å²) in [5.74, 6) is 0.805. The zero-order valence-corrected chi connectivity index (χ0v) is 14.4. The summed E-state index contributed by atoms with van der Waals surface area (Å²) in [6.07, 6.45) is 0. The van der Waals surface area contributed by atoms with Crippen molar-refractivity contribution in [2.75, 3.05) is 6.54 Å². The first-order chi connectivity index (χ1) is 9.74. The molecule has 2 aromatic rings. The van der Waals surface area contributed by atoms with Crippen LogP contribution in [0.2, 0.25) is 0 Å². The Morgan fingerprint density at radius 3 is 2.71 bits per heavy atom. The first-order valence-electron chi connectivity index (χ1n) is 6.98. The molecule has 2 rings (SSSR count). The van der Waals surface area contributed by atoms with Crippen LogP contribution in [0.4, 0.5) is 0 Å². The molecule has 0 aliphatic rings. The Balaban J connectivity index is 1.99. The van der Waals surface area contributed by atoms with Crippen molar-refractivity contribution in [1.29, 1.82) is 0 Å². The minimum absolute atomic E-state index is 0.0202. The highest BCUT2D eigenvalue weighted by Crippen LogP contribution is 2.26. The number of furan rings is 1. The van der Waals surface area contributed by atoms with E-state index in [0.29, 0.717) is 0 Å². The monoisotopic (exact) mass is 352 g/mol. The van der Waals surface area contributed by atoms with Gasteiger partial charge in [-0.1, -0.05) is 15.9 Å². The number of benzene rings is 1. The molecule has 1 atom stereocenters. The predicted molar refractivity (Wildman–Crippen MR) is 88.2 cm³/mol. The van der Waals surface area contributed by atoms with Crippen LogP contribution in [0.1, 0.15) is 39.5 Å². The van der Waals surface area contributed by atoms with E-state index < -0.39 is 0 Å². The fourth-order valence-corrected chi connectivity index (χ4v) is 2.44. The van der Waals surface area contributed by atoms with Gasteiger partial charge in [0.05, 0.1) is 12.6 Å². The van der Waals surface area contributed by atoms with Gasteiger partial charge >= 0.3 is 0 Å². The van der Waals surface area contributed by atoms with Crippen LogP contribution in [-0.2, 0) is 4.79 Å². The second-order valence-corrected chi connectivity index (χ2v) is 7.15. The number of fused-ring (bicyclic) bond motifs is 1. The third-order valence-corrected chi connectivity index (χ3v) is 3.50. The molecule has 114 valence electrons. The fraction of sp³-hybridized carbons (Fsp3) is 0.438. The Bertz CT molecular complexity index is 643. The highest BCUT2D eigenvalue weighted by Gasteiger charge is 2.16. The van der Waals surface area contributed by atoms with Crippen molar-refractivity contribution in [2.45, 2.75) is 39.3 Å². The van der Waals surface area contributed by atoms with Crippen molar-refractivity contribution in [1.82, 2.24) is 10.6 Å². The van der Waals surface area contributed by atoms with Crippen LogP contribution < -0.4 is 10.6 Å². The van der Waals surface area contributed by atoms with Gasteiger partial charge in [-0.2, -0.15) is 0 Å². The highest BCUT2D eigenvalue weighted by atomic mass is 79.9. The summed E-state index contributed by atoms with van der Waals surface area (Å²) in [6, 6.07) is 7.87. The van der Waals surface area contributed by atoms with Crippen LogP contribution in [0.5, 0.6) is 0 Å². The zero-order valence-electron chi connectivity index (χ0n) is 12.8. The van der Waals surface area contributed by atoms with E-state index in [2.05, 4.69) is 26.6 Å². The minimum atomic E-state index is -0.215. The number of halogens is 1. The topological polar surface area (TPSA) is 54.3 Å². The van der Waals surface area contributed by atoms with Crippen molar-refractivity contribution in [3.8, 4) is 0 Å². The van der Waals surface area contributed by atoms with Crippen molar-refractivity contribution >= 4 is 32.8 Å². The molecule has 21 heavy (non-hydrogen) atoms. The Morgan fingerprint density at radius 2 is 2.05 bits per heavy atom. The molecule has 0 aliphatic heterocycles. The van der Waals surface area contributed by atoms with E-state index in [9.17, 15) is 4.79 Å². The highest BCUT2D eigenvalue weighted by molar-refractivity contribution is 9.10.